The van der Waals surface area contributed by atoms with Crippen LogP contribution in [0.2, 0.25) is 0 Å². The summed E-state index contributed by atoms with van der Waals surface area (Å²) >= 11 is 0. The SMILES string of the molecule is CC1(C)c2ccccc2-c2cc(N(c3ccc4c(c3)C(c3ccccc3)(c3ccccc3)c3ccccc3-4)c3ccc4c(c3)C(c3ccccc3)(c3ccccc3)c3ccccc3-4)cc(-c3ccccc3)c21. The topological polar surface area (TPSA) is 3.24 Å². The number of anilines is 3. The Morgan fingerprint density at radius 1 is 0.250 bits per heavy atom. The van der Waals surface area contributed by atoms with Crippen LogP contribution in [0.15, 0.2) is 273 Å². The fraction of sp³-hybridized carbons (Fsp3) is 0.0704. The molecule has 3 aliphatic carbocycles. The summed E-state index contributed by atoms with van der Waals surface area (Å²) in [6, 6.07) is 102. The van der Waals surface area contributed by atoms with Gasteiger partial charge in [-0.1, -0.05) is 250 Å². The molecule has 0 spiro atoms. The molecule has 72 heavy (non-hydrogen) atoms. The summed E-state index contributed by atoms with van der Waals surface area (Å²) in [6.45, 7) is 4.80. The van der Waals surface area contributed by atoms with E-state index in [2.05, 4.69) is 292 Å². The summed E-state index contributed by atoms with van der Waals surface area (Å²) < 4.78 is 0. The van der Waals surface area contributed by atoms with Crippen molar-refractivity contribution in [2.75, 3.05) is 4.90 Å². The van der Waals surface area contributed by atoms with Gasteiger partial charge in [0.1, 0.15) is 0 Å². The lowest BCUT2D eigenvalue weighted by molar-refractivity contribution is 0.662. The standard InChI is InChI=1S/C71H51N/c1-69(2)63-37-21-18-36-58(63)62-45-55(44-61(68(62)69)48-24-8-3-9-25-48)72(53-40-42-59-56-34-19-22-38-64(56)70(66(59)46-53,49-26-10-4-11-27-49)50-28-12-5-13-29-50)54-41-43-60-57-35-20-23-39-65(57)71(67(60)47-54,51-30-14-6-15-31-51)52-32-16-7-17-33-52/h3-47H,1-2H3. The van der Waals surface area contributed by atoms with Crippen LogP contribution in [0.5, 0.6) is 0 Å². The number of nitrogens with zero attached hydrogens (tertiary/aromatic N) is 1. The molecule has 0 fully saturated rings. The first-order valence-electron chi connectivity index (χ1n) is 25.3. The summed E-state index contributed by atoms with van der Waals surface area (Å²) in [5, 5.41) is 0. The normalized spacial score (nSPS) is 14.6. The molecule has 14 rings (SSSR count). The van der Waals surface area contributed by atoms with Crippen molar-refractivity contribution in [1.29, 1.82) is 0 Å². The van der Waals surface area contributed by atoms with Crippen LogP contribution in [0.1, 0.15) is 69.5 Å². The number of hydrogen-bond donors (Lipinski definition) is 0. The number of fused-ring (bicyclic) bond motifs is 9. The molecular weight excluding hydrogens is 867 g/mol. The minimum Gasteiger partial charge on any atom is -0.310 e. The Balaban J connectivity index is 1.10. The van der Waals surface area contributed by atoms with Gasteiger partial charge in [0.25, 0.3) is 0 Å². The Bertz CT molecular complexity index is 3610. The molecule has 0 bridgehead atoms. The van der Waals surface area contributed by atoms with Gasteiger partial charge < -0.3 is 4.90 Å². The van der Waals surface area contributed by atoms with Crippen LogP contribution in [-0.2, 0) is 16.2 Å². The van der Waals surface area contributed by atoms with E-state index < -0.39 is 10.8 Å². The van der Waals surface area contributed by atoms with Crippen LogP contribution >= 0.6 is 0 Å². The van der Waals surface area contributed by atoms with Gasteiger partial charge in [-0.3, -0.25) is 0 Å². The Labute approximate surface area is 423 Å². The van der Waals surface area contributed by atoms with Crippen molar-refractivity contribution in [3.8, 4) is 44.5 Å². The maximum absolute atomic E-state index is 2.56. The minimum atomic E-state index is -0.568. The number of benzene rings is 11. The summed E-state index contributed by atoms with van der Waals surface area (Å²) in [4.78, 5) is 2.56. The van der Waals surface area contributed by atoms with Crippen molar-refractivity contribution < 1.29 is 0 Å². The van der Waals surface area contributed by atoms with Gasteiger partial charge in [-0.25, -0.2) is 0 Å². The van der Waals surface area contributed by atoms with E-state index in [4.69, 9.17) is 0 Å². The lowest BCUT2D eigenvalue weighted by atomic mass is 9.67. The summed E-state index contributed by atoms with van der Waals surface area (Å²) in [6.07, 6.45) is 0. The van der Waals surface area contributed by atoms with Crippen molar-refractivity contribution in [2.45, 2.75) is 30.1 Å². The van der Waals surface area contributed by atoms with Crippen molar-refractivity contribution >= 4 is 17.1 Å². The van der Waals surface area contributed by atoms with Gasteiger partial charge >= 0.3 is 0 Å². The first-order valence-corrected chi connectivity index (χ1v) is 25.3. The van der Waals surface area contributed by atoms with Crippen LogP contribution in [-0.4, -0.2) is 0 Å². The van der Waals surface area contributed by atoms with Gasteiger partial charge in [0.2, 0.25) is 0 Å². The zero-order valence-electron chi connectivity index (χ0n) is 40.4. The Hall–Kier alpha value is -8.78. The van der Waals surface area contributed by atoms with E-state index in [-0.39, 0.29) is 5.41 Å². The summed E-state index contributed by atoms with van der Waals surface area (Å²) in [5.41, 5.74) is 24.9. The molecule has 0 saturated carbocycles. The molecule has 0 atom stereocenters. The van der Waals surface area contributed by atoms with E-state index >= 15 is 0 Å². The summed E-state index contributed by atoms with van der Waals surface area (Å²) in [7, 11) is 0. The second kappa shape index (κ2) is 16.1. The van der Waals surface area contributed by atoms with E-state index in [1.54, 1.807) is 0 Å². The fourth-order valence-corrected chi connectivity index (χ4v) is 13.5. The zero-order valence-corrected chi connectivity index (χ0v) is 40.4. The second-order valence-electron chi connectivity index (χ2n) is 20.3. The van der Waals surface area contributed by atoms with E-state index in [9.17, 15) is 0 Å². The van der Waals surface area contributed by atoms with E-state index in [1.807, 2.05) is 0 Å². The quantitative estimate of drug-likeness (QED) is 0.147. The van der Waals surface area contributed by atoms with E-state index in [0.29, 0.717) is 0 Å². The van der Waals surface area contributed by atoms with E-state index in [0.717, 1.165) is 17.1 Å². The molecule has 0 unspecified atom stereocenters. The molecule has 11 aromatic carbocycles. The van der Waals surface area contributed by atoms with Crippen molar-refractivity contribution in [3.05, 3.63) is 329 Å². The van der Waals surface area contributed by atoms with Crippen LogP contribution < -0.4 is 4.90 Å². The van der Waals surface area contributed by atoms with Crippen LogP contribution in [0.4, 0.5) is 17.1 Å². The van der Waals surface area contributed by atoms with Gasteiger partial charge in [0.05, 0.1) is 10.8 Å². The third-order valence-electron chi connectivity index (χ3n) is 16.4. The van der Waals surface area contributed by atoms with Gasteiger partial charge in [0, 0.05) is 22.5 Å². The largest absolute Gasteiger partial charge is 0.310 e. The average molecular weight is 918 g/mol. The molecule has 0 aromatic heterocycles. The van der Waals surface area contributed by atoms with Crippen LogP contribution in [0.3, 0.4) is 0 Å². The van der Waals surface area contributed by atoms with Gasteiger partial charge in [0.15, 0.2) is 0 Å². The van der Waals surface area contributed by atoms with E-state index in [1.165, 1.54) is 100 Å². The minimum absolute atomic E-state index is 0.213. The number of rotatable bonds is 8. The first kappa shape index (κ1) is 42.1. The fourth-order valence-electron chi connectivity index (χ4n) is 13.5. The molecule has 3 aliphatic rings. The lowest BCUT2D eigenvalue weighted by Gasteiger charge is -2.36. The Morgan fingerprint density at radius 3 is 1.01 bits per heavy atom. The maximum Gasteiger partial charge on any atom is 0.0714 e. The van der Waals surface area contributed by atoms with Crippen molar-refractivity contribution in [3.63, 3.8) is 0 Å². The third kappa shape index (κ3) is 5.89. The molecule has 340 valence electrons. The molecule has 0 aliphatic heterocycles. The zero-order chi connectivity index (χ0) is 48.0. The Kier molecular flexibility index (Phi) is 9.44. The van der Waals surface area contributed by atoms with Crippen LogP contribution in [0, 0.1) is 0 Å². The average Bonchev–Trinajstić information content (AvgIpc) is 4.01. The summed E-state index contributed by atoms with van der Waals surface area (Å²) in [5.74, 6) is 0. The molecule has 0 radical (unpaired) electrons. The molecule has 1 heteroatoms. The lowest BCUT2D eigenvalue weighted by Crippen LogP contribution is -2.29. The highest BCUT2D eigenvalue weighted by Crippen LogP contribution is 2.61. The highest BCUT2D eigenvalue weighted by atomic mass is 15.1. The smallest absolute Gasteiger partial charge is 0.0714 e. The third-order valence-corrected chi connectivity index (χ3v) is 16.4. The highest BCUT2D eigenvalue weighted by molar-refractivity contribution is 5.96. The van der Waals surface area contributed by atoms with Gasteiger partial charge in [-0.05, 0) is 137 Å². The van der Waals surface area contributed by atoms with Crippen molar-refractivity contribution in [2.24, 2.45) is 0 Å². The monoisotopic (exact) mass is 917 g/mol. The number of hydrogen-bond acceptors (Lipinski definition) is 1. The Morgan fingerprint density at radius 2 is 0.583 bits per heavy atom. The van der Waals surface area contributed by atoms with Gasteiger partial charge in [-0.2, -0.15) is 0 Å². The molecule has 1 nitrogen and oxygen atoms in total. The van der Waals surface area contributed by atoms with Crippen molar-refractivity contribution in [1.82, 2.24) is 0 Å². The second-order valence-corrected chi connectivity index (χ2v) is 20.3. The van der Waals surface area contributed by atoms with Gasteiger partial charge in [-0.15, -0.1) is 0 Å². The van der Waals surface area contributed by atoms with Crippen LogP contribution in [0.25, 0.3) is 44.5 Å². The maximum atomic E-state index is 2.56. The predicted molar refractivity (Wildman–Crippen MR) is 299 cm³/mol. The molecule has 0 amide bonds. The molecule has 0 N–H and O–H groups in total. The molecule has 0 saturated heterocycles. The molecule has 0 heterocycles. The molecular formula is C71H51N. The molecule has 11 aromatic rings. The first-order chi connectivity index (χ1) is 35.5. The predicted octanol–water partition coefficient (Wildman–Crippen LogP) is 17.9. The highest BCUT2D eigenvalue weighted by Gasteiger charge is 2.48.